The minimum Gasteiger partial charge on any atom is -0.426 e. The van der Waals surface area contributed by atoms with Crippen molar-refractivity contribution in [3.8, 4) is 0 Å². The van der Waals surface area contributed by atoms with E-state index in [2.05, 4.69) is 35.7 Å². The third-order valence-corrected chi connectivity index (χ3v) is 4.71. The fourth-order valence-corrected chi connectivity index (χ4v) is 2.98. The van der Waals surface area contributed by atoms with Gasteiger partial charge in [0, 0.05) is 19.9 Å². The molecule has 0 radical (unpaired) electrons. The molecule has 1 N–H and O–H groups in total. The highest BCUT2D eigenvalue weighted by atomic mass is 32.2. The Morgan fingerprint density at radius 1 is 1.14 bits per heavy atom. The van der Waals surface area contributed by atoms with Crippen molar-refractivity contribution in [2.24, 2.45) is 0 Å². The number of sulfonamides is 1. The average Bonchev–Trinajstić information content (AvgIpc) is 2.83. The number of benzene rings is 1. The topological polar surface area (TPSA) is 85.1 Å². The van der Waals surface area contributed by atoms with Crippen molar-refractivity contribution < 1.29 is 12.8 Å². The van der Waals surface area contributed by atoms with Crippen LogP contribution in [-0.2, 0) is 21.9 Å². The molecule has 0 fully saturated rings. The summed E-state index contributed by atoms with van der Waals surface area (Å²) in [5.74, 6) is 0.888. The third kappa shape index (κ3) is 4.14. The van der Waals surface area contributed by atoms with Crippen molar-refractivity contribution in [3.05, 3.63) is 41.6 Å². The molecular formula is C15H21N3O3S. The third-order valence-electron chi connectivity index (χ3n) is 3.23. The van der Waals surface area contributed by atoms with Gasteiger partial charge < -0.3 is 4.42 Å². The molecule has 2 rings (SSSR count). The van der Waals surface area contributed by atoms with Crippen LogP contribution in [0.2, 0.25) is 0 Å². The molecule has 2 aromatic rings. The molecule has 22 heavy (non-hydrogen) atoms. The molecule has 0 spiro atoms. The van der Waals surface area contributed by atoms with Crippen molar-refractivity contribution in [2.45, 2.75) is 44.4 Å². The number of rotatable bonds is 5. The zero-order chi connectivity index (χ0) is 16.4. The lowest BCUT2D eigenvalue weighted by Crippen LogP contribution is -2.26. The molecule has 0 aliphatic rings. The molecule has 0 amide bonds. The van der Waals surface area contributed by atoms with E-state index in [0.29, 0.717) is 18.2 Å². The second-order valence-electron chi connectivity index (χ2n) is 6.14. The van der Waals surface area contributed by atoms with Gasteiger partial charge in [0.2, 0.25) is 21.8 Å². The van der Waals surface area contributed by atoms with E-state index in [1.54, 1.807) is 19.1 Å². The van der Waals surface area contributed by atoms with Gasteiger partial charge in [-0.1, -0.05) is 32.9 Å². The summed E-state index contributed by atoms with van der Waals surface area (Å²) in [6, 6.07) is 6.94. The van der Waals surface area contributed by atoms with Crippen LogP contribution in [0.3, 0.4) is 0 Å². The lowest BCUT2D eigenvalue weighted by Gasteiger charge is -2.19. The molecular weight excluding hydrogens is 302 g/mol. The predicted octanol–water partition coefficient (Wildman–Crippen LogP) is 2.20. The molecule has 120 valence electrons. The molecule has 1 aromatic heterocycles. The van der Waals surface area contributed by atoms with Gasteiger partial charge in [0.25, 0.3) is 0 Å². The number of hydrogen-bond acceptors (Lipinski definition) is 5. The Morgan fingerprint density at radius 2 is 1.77 bits per heavy atom. The molecule has 0 bridgehead atoms. The fraction of sp³-hybridized carbons (Fsp3) is 0.467. The highest BCUT2D eigenvalue weighted by molar-refractivity contribution is 7.89. The van der Waals surface area contributed by atoms with E-state index >= 15 is 0 Å². The Balaban J connectivity index is 2.00. The summed E-state index contributed by atoms with van der Waals surface area (Å²) < 4.78 is 32.2. The first-order chi connectivity index (χ1) is 10.2. The van der Waals surface area contributed by atoms with Gasteiger partial charge in [0.05, 0.1) is 4.90 Å². The highest BCUT2D eigenvalue weighted by Gasteiger charge is 2.17. The Morgan fingerprint density at radius 3 is 2.27 bits per heavy atom. The summed E-state index contributed by atoms with van der Waals surface area (Å²) in [6.07, 6.45) is 0.361. The van der Waals surface area contributed by atoms with Crippen LogP contribution < -0.4 is 4.72 Å². The molecule has 0 unspecified atom stereocenters. The summed E-state index contributed by atoms with van der Waals surface area (Å²) in [5.41, 5.74) is 1.08. The van der Waals surface area contributed by atoms with Crippen LogP contribution in [0.15, 0.2) is 33.6 Å². The van der Waals surface area contributed by atoms with E-state index in [0.717, 1.165) is 5.56 Å². The van der Waals surface area contributed by atoms with Crippen LogP contribution in [0.25, 0.3) is 0 Å². The SMILES string of the molecule is Cc1nnc(CCNS(=O)(=O)c2ccc(C(C)(C)C)cc2)o1. The van der Waals surface area contributed by atoms with Gasteiger partial charge in [-0.2, -0.15) is 0 Å². The van der Waals surface area contributed by atoms with Gasteiger partial charge in [0.15, 0.2) is 0 Å². The Labute approximate surface area is 131 Å². The molecule has 7 heteroatoms. The van der Waals surface area contributed by atoms with Gasteiger partial charge >= 0.3 is 0 Å². The molecule has 1 aromatic carbocycles. The second kappa shape index (κ2) is 6.18. The monoisotopic (exact) mass is 323 g/mol. The van der Waals surface area contributed by atoms with Crippen molar-refractivity contribution in [2.75, 3.05) is 6.54 Å². The van der Waals surface area contributed by atoms with Crippen molar-refractivity contribution in [1.29, 1.82) is 0 Å². The number of aromatic nitrogens is 2. The maximum atomic E-state index is 12.2. The standard InChI is InChI=1S/C15H21N3O3S/c1-11-17-18-14(21-11)9-10-16-22(19,20)13-7-5-12(6-8-13)15(2,3)4/h5-8,16H,9-10H2,1-4H3. The van der Waals surface area contributed by atoms with E-state index in [1.807, 2.05) is 12.1 Å². The maximum absolute atomic E-state index is 12.2. The zero-order valence-corrected chi connectivity index (χ0v) is 14.1. The fourth-order valence-electron chi connectivity index (χ4n) is 1.95. The Kier molecular flexibility index (Phi) is 4.67. The van der Waals surface area contributed by atoms with Crippen molar-refractivity contribution >= 4 is 10.0 Å². The van der Waals surface area contributed by atoms with Crippen molar-refractivity contribution in [1.82, 2.24) is 14.9 Å². The summed E-state index contributed by atoms with van der Waals surface area (Å²) in [6.45, 7) is 8.16. The second-order valence-corrected chi connectivity index (χ2v) is 7.90. The van der Waals surface area contributed by atoms with Crippen LogP contribution in [0.4, 0.5) is 0 Å². The predicted molar refractivity (Wildman–Crippen MR) is 83.1 cm³/mol. The van der Waals surface area contributed by atoms with E-state index in [9.17, 15) is 8.42 Å². The summed E-state index contributed by atoms with van der Waals surface area (Å²) in [5, 5.41) is 7.52. The van der Waals surface area contributed by atoms with Crippen LogP contribution in [0.1, 0.15) is 38.1 Å². The number of hydrogen-bond donors (Lipinski definition) is 1. The van der Waals surface area contributed by atoms with Gasteiger partial charge in [-0.15, -0.1) is 10.2 Å². The molecule has 0 saturated heterocycles. The van der Waals surface area contributed by atoms with E-state index in [-0.39, 0.29) is 16.9 Å². The van der Waals surface area contributed by atoms with E-state index < -0.39 is 10.0 Å². The van der Waals surface area contributed by atoms with Gasteiger partial charge in [-0.3, -0.25) is 0 Å². The van der Waals surface area contributed by atoms with Crippen LogP contribution in [0, 0.1) is 6.92 Å². The van der Waals surface area contributed by atoms with Gasteiger partial charge in [-0.05, 0) is 23.1 Å². The lowest BCUT2D eigenvalue weighted by molar-refractivity contribution is 0.466. The molecule has 6 nitrogen and oxygen atoms in total. The smallest absolute Gasteiger partial charge is 0.240 e. The lowest BCUT2D eigenvalue weighted by atomic mass is 9.87. The largest absolute Gasteiger partial charge is 0.426 e. The van der Waals surface area contributed by atoms with Crippen LogP contribution in [-0.4, -0.2) is 25.2 Å². The quantitative estimate of drug-likeness (QED) is 0.911. The van der Waals surface area contributed by atoms with Gasteiger partial charge in [0.1, 0.15) is 0 Å². The Bertz CT molecular complexity index is 728. The normalized spacial score (nSPS) is 12.5. The highest BCUT2D eigenvalue weighted by Crippen LogP contribution is 2.23. The first-order valence-electron chi connectivity index (χ1n) is 7.08. The summed E-state index contributed by atoms with van der Waals surface area (Å²) >= 11 is 0. The molecule has 1 heterocycles. The van der Waals surface area contributed by atoms with E-state index in [4.69, 9.17) is 4.42 Å². The molecule has 0 aliphatic heterocycles. The van der Waals surface area contributed by atoms with Crippen LogP contribution >= 0.6 is 0 Å². The summed E-state index contributed by atoms with van der Waals surface area (Å²) in [7, 11) is -3.53. The maximum Gasteiger partial charge on any atom is 0.240 e. The number of nitrogens with one attached hydrogen (secondary N) is 1. The first-order valence-corrected chi connectivity index (χ1v) is 8.56. The van der Waals surface area contributed by atoms with Crippen LogP contribution in [0.5, 0.6) is 0 Å². The molecule has 0 aliphatic carbocycles. The van der Waals surface area contributed by atoms with Gasteiger partial charge in [-0.25, -0.2) is 13.1 Å². The Hall–Kier alpha value is -1.73. The molecule has 0 saturated carbocycles. The van der Waals surface area contributed by atoms with Crippen molar-refractivity contribution in [3.63, 3.8) is 0 Å². The summed E-state index contributed by atoms with van der Waals surface area (Å²) in [4.78, 5) is 0.252. The molecule has 0 atom stereocenters. The minimum atomic E-state index is -3.53. The number of aryl methyl sites for hydroxylation is 1. The minimum absolute atomic E-state index is 0.00840. The average molecular weight is 323 g/mol. The van der Waals surface area contributed by atoms with E-state index in [1.165, 1.54) is 0 Å². The zero-order valence-electron chi connectivity index (χ0n) is 13.3. The first kappa shape index (κ1) is 16.6. The number of nitrogens with zero attached hydrogens (tertiary/aromatic N) is 2.